The largest absolute Gasteiger partial charge is 0.308 e. The quantitative estimate of drug-likeness (QED) is 0.739. The highest BCUT2D eigenvalue weighted by Crippen LogP contribution is 2.21. The van der Waals surface area contributed by atoms with Crippen molar-refractivity contribution in [1.29, 1.82) is 0 Å². The average molecular weight is 307 g/mol. The van der Waals surface area contributed by atoms with E-state index in [0.717, 1.165) is 0 Å². The molecule has 3 aromatic rings. The Bertz CT molecular complexity index is 893. The molecule has 0 saturated heterocycles. The minimum absolute atomic E-state index is 0.224. The van der Waals surface area contributed by atoms with E-state index in [9.17, 15) is 9.18 Å². The predicted octanol–water partition coefficient (Wildman–Crippen LogP) is 3.34. The first-order valence-electron chi connectivity index (χ1n) is 5.99. The molecule has 20 heavy (non-hydrogen) atoms. The molecule has 0 atom stereocenters. The molecule has 1 N–H and O–H groups in total. The zero-order valence-corrected chi connectivity index (χ0v) is 12.1. The molecular formula is C13H10FN3OS2. The zero-order valence-electron chi connectivity index (χ0n) is 10.5. The molecule has 0 saturated carbocycles. The van der Waals surface area contributed by atoms with Gasteiger partial charge in [-0.1, -0.05) is 11.3 Å². The fourth-order valence-corrected chi connectivity index (χ4v) is 3.33. The highest BCUT2D eigenvalue weighted by atomic mass is 32.1. The molecule has 102 valence electrons. The van der Waals surface area contributed by atoms with Crippen molar-refractivity contribution in [3.05, 3.63) is 44.4 Å². The Morgan fingerprint density at radius 1 is 1.40 bits per heavy atom. The van der Waals surface area contributed by atoms with Crippen LogP contribution in [-0.2, 0) is 6.54 Å². The maximum absolute atomic E-state index is 12.9. The van der Waals surface area contributed by atoms with Crippen molar-refractivity contribution in [3.8, 4) is 11.4 Å². The Morgan fingerprint density at radius 2 is 2.10 bits per heavy atom. The van der Waals surface area contributed by atoms with Crippen LogP contribution in [0.3, 0.4) is 0 Å². The molecule has 0 spiro atoms. The lowest BCUT2D eigenvalue weighted by atomic mass is 10.2. The topological polar surface area (TPSA) is 50.7 Å². The summed E-state index contributed by atoms with van der Waals surface area (Å²) in [6, 6.07) is 5.83. The third-order valence-corrected chi connectivity index (χ3v) is 4.40. The van der Waals surface area contributed by atoms with Gasteiger partial charge in [-0.3, -0.25) is 4.79 Å². The van der Waals surface area contributed by atoms with Crippen molar-refractivity contribution in [2.45, 2.75) is 13.5 Å². The van der Waals surface area contributed by atoms with Gasteiger partial charge in [0.2, 0.25) is 0 Å². The molecule has 4 nitrogen and oxygen atoms in total. The van der Waals surface area contributed by atoms with Crippen LogP contribution in [0.5, 0.6) is 0 Å². The molecule has 0 aliphatic carbocycles. The van der Waals surface area contributed by atoms with Crippen molar-refractivity contribution < 1.29 is 4.39 Å². The van der Waals surface area contributed by atoms with Crippen molar-refractivity contribution in [1.82, 2.24) is 14.5 Å². The lowest BCUT2D eigenvalue weighted by Crippen LogP contribution is -2.09. The van der Waals surface area contributed by atoms with Crippen LogP contribution in [0.15, 0.2) is 29.1 Å². The summed E-state index contributed by atoms with van der Waals surface area (Å²) in [5.41, 5.74) is 1.01. The second kappa shape index (κ2) is 4.92. The Kier molecular flexibility index (Phi) is 3.23. The van der Waals surface area contributed by atoms with Gasteiger partial charge in [-0.25, -0.2) is 9.37 Å². The highest BCUT2D eigenvalue weighted by molar-refractivity contribution is 7.73. The molecule has 0 bridgehead atoms. The van der Waals surface area contributed by atoms with Crippen LogP contribution >= 0.6 is 23.6 Å². The molecule has 0 unspecified atom stereocenters. The van der Waals surface area contributed by atoms with Gasteiger partial charge < -0.3 is 9.55 Å². The van der Waals surface area contributed by atoms with E-state index in [1.165, 1.54) is 23.5 Å². The van der Waals surface area contributed by atoms with Gasteiger partial charge in [0.05, 0.1) is 0 Å². The normalized spacial score (nSPS) is 11.1. The summed E-state index contributed by atoms with van der Waals surface area (Å²) in [5, 5.41) is 0. The molecule has 3 rings (SSSR count). The van der Waals surface area contributed by atoms with Gasteiger partial charge in [0.25, 0.3) is 5.56 Å². The Morgan fingerprint density at radius 3 is 2.75 bits per heavy atom. The van der Waals surface area contributed by atoms with Crippen LogP contribution in [0.25, 0.3) is 21.7 Å². The van der Waals surface area contributed by atoms with E-state index in [2.05, 4.69) is 9.97 Å². The van der Waals surface area contributed by atoms with Gasteiger partial charge in [0.1, 0.15) is 16.3 Å². The zero-order chi connectivity index (χ0) is 14.3. The predicted molar refractivity (Wildman–Crippen MR) is 80.1 cm³/mol. The number of halogens is 1. The van der Waals surface area contributed by atoms with Crippen molar-refractivity contribution in [2.24, 2.45) is 0 Å². The number of benzene rings is 1. The summed E-state index contributed by atoms with van der Waals surface area (Å²) in [6.45, 7) is 2.60. The van der Waals surface area contributed by atoms with Crippen molar-refractivity contribution in [2.75, 3.05) is 0 Å². The molecule has 0 aliphatic heterocycles. The second-order valence-corrected chi connectivity index (χ2v) is 5.83. The monoisotopic (exact) mass is 307 g/mol. The van der Waals surface area contributed by atoms with Crippen LogP contribution in [-0.4, -0.2) is 14.5 Å². The van der Waals surface area contributed by atoms with Crippen LogP contribution in [0.2, 0.25) is 0 Å². The Labute approximate surface area is 122 Å². The van der Waals surface area contributed by atoms with Gasteiger partial charge in [-0.15, -0.1) is 0 Å². The molecule has 0 aliphatic rings. The van der Waals surface area contributed by atoms with Crippen LogP contribution in [0.1, 0.15) is 6.92 Å². The summed E-state index contributed by atoms with van der Waals surface area (Å²) in [7, 11) is 0. The number of thiazole rings is 1. The molecule has 2 heterocycles. The number of fused-ring (bicyclic) bond motifs is 1. The average Bonchev–Trinajstić information content (AvgIpc) is 2.75. The number of hydrogen-bond acceptors (Lipinski definition) is 4. The maximum Gasteiger partial charge on any atom is 0.270 e. The third-order valence-electron chi connectivity index (χ3n) is 2.96. The highest BCUT2D eigenvalue weighted by Gasteiger charge is 2.12. The molecule has 0 amide bonds. The summed E-state index contributed by atoms with van der Waals surface area (Å²) in [6.07, 6.45) is 0. The standard InChI is InChI=1S/C13H10FN3OS2/c1-2-17-11-9(20-13(17)19)12(18)16-10(15-11)7-3-5-8(14)6-4-7/h3-6H,2H2,1H3,(H,15,16,18). The Hall–Kier alpha value is -1.86. The molecular weight excluding hydrogens is 297 g/mol. The fraction of sp³-hybridized carbons (Fsp3) is 0.154. The Balaban J connectivity index is 2.30. The first-order chi connectivity index (χ1) is 9.60. The summed E-state index contributed by atoms with van der Waals surface area (Å²) in [4.78, 5) is 19.3. The van der Waals surface area contributed by atoms with Gasteiger partial charge >= 0.3 is 0 Å². The first-order valence-corrected chi connectivity index (χ1v) is 7.22. The molecule has 0 radical (unpaired) electrons. The van der Waals surface area contributed by atoms with Crippen LogP contribution in [0, 0.1) is 9.77 Å². The number of H-pyrrole nitrogens is 1. The lowest BCUT2D eigenvalue weighted by molar-refractivity contribution is 0.628. The van der Waals surface area contributed by atoms with Gasteiger partial charge in [-0.2, -0.15) is 0 Å². The van der Waals surface area contributed by atoms with Crippen molar-refractivity contribution >= 4 is 33.9 Å². The summed E-state index contributed by atoms with van der Waals surface area (Å²) in [5.74, 6) is 0.0849. The minimum Gasteiger partial charge on any atom is -0.308 e. The number of nitrogens with zero attached hydrogens (tertiary/aromatic N) is 2. The number of aromatic nitrogens is 3. The van der Waals surface area contributed by atoms with Crippen LogP contribution in [0.4, 0.5) is 4.39 Å². The number of nitrogens with one attached hydrogen (secondary N) is 1. The van der Waals surface area contributed by atoms with E-state index in [-0.39, 0.29) is 11.4 Å². The smallest absolute Gasteiger partial charge is 0.270 e. The van der Waals surface area contributed by atoms with E-state index >= 15 is 0 Å². The third kappa shape index (κ3) is 2.08. The summed E-state index contributed by atoms with van der Waals surface area (Å²) >= 11 is 6.48. The fourth-order valence-electron chi connectivity index (χ4n) is 1.98. The van der Waals surface area contributed by atoms with E-state index in [4.69, 9.17) is 12.2 Å². The molecule has 0 fully saturated rings. The van der Waals surface area contributed by atoms with E-state index in [0.29, 0.717) is 32.2 Å². The molecule has 7 heteroatoms. The number of aryl methyl sites for hydroxylation is 1. The second-order valence-electron chi connectivity index (χ2n) is 4.19. The van der Waals surface area contributed by atoms with Crippen molar-refractivity contribution in [3.63, 3.8) is 0 Å². The summed E-state index contributed by atoms with van der Waals surface area (Å²) < 4.78 is 15.9. The van der Waals surface area contributed by atoms with Gasteiger partial charge in [0.15, 0.2) is 9.60 Å². The minimum atomic E-state index is -0.329. The molecule has 2 aromatic heterocycles. The maximum atomic E-state index is 12.9. The van der Waals surface area contributed by atoms with E-state index < -0.39 is 0 Å². The van der Waals surface area contributed by atoms with Crippen LogP contribution < -0.4 is 5.56 Å². The number of rotatable bonds is 2. The van der Waals surface area contributed by atoms with Gasteiger partial charge in [0, 0.05) is 12.1 Å². The van der Waals surface area contributed by atoms with E-state index in [1.54, 1.807) is 12.1 Å². The number of aromatic amines is 1. The molecule has 1 aromatic carbocycles. The first kappa shape index (κ1) is 13.1. The lowest BCUT2D eigenvalue weighted by Gasteiger charge is -2.03. The number of hydrogen-bond donors (Lipinski definition) is 1. The SMILES string of the molecule is CCn1c(=S)sc2c(=O)[nH]c(-c3ccc(F)cc3)nc21. The van der Waals surface area contributed by atoms with E-state index in [1.807, 2.05) is 11.5 Å². The van der Waals surface area contributed by atoms with Gasteiger partial charge in [-0.05, 0) is 43.4 Å².